The monoisotopic (exact) mass is 456 g/mol. The molecule has 0 aliphatic carbocycles. The second-order valence-electron chi connectivity index (χ2n) is 8.41. The zero-order valence-corrected chi connectivity index (χ0v) is 19.3. The highest BCUT2D eigenvalue weighted by Gasteiger charge is 2.40. The number of imide groups is 2. The Kier molecular flexibility index (Phi) is 5.29. The summed E-state index contributed by atoms with van der Waals surface area (Å²) in [5.74, 6) is -1.81. The number of hydrogen-bond donors (Lipinski definition) is 0. The molecule has 4 amide bonds. The number of aryl methyl sites for hydroxylation is 2. The maximum Gasteiger partial charge on any atom is 0.266 e. The fourth-order valence-electron chi connectivity index (χ4n) is 4.96. The van der Waals surface area contributed by atoms with E-state index in [1.807, 2.05) is 39.0 Å². The summed E-state index contributed by atoms with van der Waals surface area (Å²) in [7, 11) is 0. The van der Waals surface area contributed by atoms with Crippen LogP contribution in [0.5, 0.6) is 0 Å². The van der Waals surface area contributed by atoms with Gasteiger partial charge in [-0.25, -0.2) is 4.90 Å². The van der Waals surface area contributed by atoms with E-state index in [2.05, 4.69) is 0 Å². The SMILES string of the molecule is CCOCCN1C(=O)c2ccc3c4c(ccc(c24)C1=O)C(=O)N(c1c(C)cccc1CC)C3=O. The molecule has 0 radical (unpaired) electrons. The van der Waals surface area contributed by atoms with Crippen LogP contribution in [0.1, 0.15) is 66.4 Å². The summed E-state index contributed by atoms with van der Waals surface area (Å²) in [4.78, 5) is 56.1. The van der Waals surface area contributed by atoms with Crippen molar-refractivity contribution in [1.82, 2.24) is 4.90 Å². The first-order valence-corrected chi connectivity index (χ1v) is 11.4. The third kappa shape index (κ3) is 3.00. The first-order chi connectivity index (χ1) is 16.4. The van der Waals surface area contributed by atoms with Crippen molar-refractivity contribution in [2.45, 2.75) is 27.2 Å². The van der Waals surface area contributed by atoms with Crippen molar-refractivity contribution in [3.8, 4) is 0 Å². The minimum atomic E-state index is -0.455. The van der Waals surface area contributed by atoms with E-state index in [4.69, 9.17) is 4.74 Å². The number of ether oxygens (including phenoxy) is 1. The van der Waals surface area contributed by atoms with Crippen LogP contribution < -0.4 is 4.90 Å². The predicted molar refractivity (Wildman–Crippen MR) is 128 cm³/mol. The fraction of sp³-hybridized carbons (Fsp3) is 0.259. The predicted octanol–water partition coefficient (Wildman–Crippen LogP) is 4.14. The van der Waals surface area contributed by atoms with Crippen molar-refractivity contribution in [2.75, 3.05) is 24.7 Å². The topological polar surface area (TPSA) is 84.0 Å². The molecule has 172 valence electrons. The Bertz CT molecular complexity index is 1340. The molecule has 0 aromatic heterocycles. The number of carbonyl (C=O) groups is 4. The lowest BCUT2D eigenvalue weighted by atomic mass is 9.85. The molecule has 7 heteroatoms. The number of amides is 4. The van der Waals surface area contributed by atoms with Gasteiger partial charge in [-0.15, -0.1) is 0 Å². The molecule has 7 nitrogen and oxygen atoms in total. The van der Waals surface area contributed by atoms with Gasteiger partial charge in [-0.3, -0.25) is 24.1 Å². The van der Waals surface area contributed by atoms with Crippen LogP contribution in [0, 0.1) is 6.92 Å². The van der Waals surface area contributed by atoms with Gasteiger partial charge in [0.2, 0.25) is 0 Å². The van der Waals surface area contributed by atoms with Crippen LogP contribution in [0.3, 0.4) is 0 Å². The van der Waals surface area contributed by atoms with Crippen LogP contribution in [-0.4, -0.2) is 48.3 Å². The van der Waals surface area contributed by atoms with E-state index in [-0.39, 0.29) is 13.2 Å². The van der Waals surface area contributed by atoms with Crippen LogP contribution in [0.25, 0.3) is 10.8 Å². The quantitative estimate of drug-likeness (QED) is 0.411. The average molecular weight is 456 g/mol. The number of carbonyl (C=O) groups excluding carboxylic acids is 4. The lowest BCUT2D eigenvalue weighted by molar-refractivity contribution is 0.0531. The number of para-hydroxylation sites is 1. The maximum atomic E-state index is 13.7. The third-order valence-electron chi connectivity index (χ3n) is 6.57. The van der Waals surface area contributed by atoms with E-state index in [0.717, 1.165) is 16.0 Å². The van der Waals surface area contributed by atoms with Crippen LogP contribution in [0.4, 0.5) is 5.69 Å². The lowest BCUT2D eigenvalue weighted by Gasteiger charge is -2.33. The van der Waals surface area contributed by atoms with Crippen molar-refractivity contribution >= 4 is 40.1 Å². The average Bonchev–Trinajstić information content (AvgIpc) is 2.84. The van der Waals surface area contributed by atoms with Gasteiger partial charge in [0.05, 0.1) is 18.8 Å². The second kappa shape index (κ2) is 8.18. The molecule has 0 spiro atoms. The van der Waals surface area contributed by atoms with Crippen LogP contribution in [0.2, 0.25) is 0 Å². The summed E-state index contributed by atoms with van der Waals surface area (Å²) in [5, 5.41) is 0.749. The first kappa shape index (κ1) is 22.0. The highest BCUT2D eigenvalue weighted by Crippen LogP contribution is 2.40. The highest BCUT2D eigenvalue weighted by molar-refractivity contribution is 6.39. The molecule has 0 unspecified atom stereocenters. The fourth-order valence-corrected chi connectivity index (χ4v) is 4.96. The molecule has 0 saturated carbocycles. The summed E-state index contributed by atoms with van der Waals surface area (Å²) in [6, 6.07) is 12.0. The zero-order valence-electron chi connectivity index (χ0n) is 19.3. The molecule has 0 atom stereocenters. The molecule has 5 rings (SSSR count). The molecule has 2 aliphatic rings. The van der Waals surface area contributed by atoms with Gasteiger partial charge in [0.1, 0.15) is 0 Å². The van der Waals surface area contributed by atoms with Crippen LogP contribution in [-0.2, 0) is 11.2 Å². The van der Waals surface area contributed by atoms with E-state index in [1.165, 1.54) is 4.90 Å². The molecule has 0 saturated heterocycles. The minimum Gasteiger partial charge on any atom is -0.380 e. The Hall–Kier alpha value is -3.84. The smallest absolute Gasteiger partial charge is 0.266 e. The van der Waals surface area contributed by atoms with Gasteiger partial charge in [-0.2, -0.15) is 0 Å². The van der Waals surface area contributed by atoms with Crippen molar-refractivity contribution in [3.05, 3.63) is 75.8 Å². The molecule has 3 aromatic rings. The summed E-state index contributed by atoms with van der Waals surface area (Å²) in [6.45, 7) is 6.55. The van der Waals surface area contributed by atoms with Crippen LogP contribution in [0.15, 0.2) is 42.5 Å². The Balaban J connectivity index is 1.69. The minimum absolute atomic E-state index is 0.134. The highest BCUT2D eigenvalue weighted by atomic mass is 16.5. The lowest BCUT2D eigenvalue weighted by Crippen LogP contribution is -2.44. The van der Waals surface area contributed by atoms with E-state index in [0.29, 0.717) is 51.7 Å². The van der Waals surface area contributed by atoms with Gasteiger partial charge in [0.25, 0.3) is 23.6 Å². The van der Waals surface area contributed by atoms with Crippen molar-refractivity contribution < 1.29 is 23.9 Å². The van der Waals surface area contributed by atoms with E-state index >= 15 is 0 Å². The van der Waals surface area contributed by atoms with Gasteiger partial charge < -0.3 is 4.74 Å². The Labute approximate surface area is 196 Å². The molecular weight excluding hydrogens is 432 g/mol. The molecule has 2 aliphatic heterocycles. The van der Waals surface area contributed by atoms with Crippen molar-refractivity contribution in [3.63, 3.8) is 0 Å². The van der Waals surface area contributed by atoms with Gasteiger partial charge in [0.15, 0.2) is 0 Å². The zero-order chi connectivity index (χ0) is 24.1. The Morgan fingerprint density at radius 3 is 1.76 bits per heavy atom. The summed E-state index contributed by atoms with van der Waals surface area (Å²) in [6.07, 6.45) is 0.662. The largest absolute Gasteiger partial charge is 0.380 e. The van der Waals surface area contributed by atoms with Gasteiger partial charge in [-0.1, -0.05) is 25.1 Å². The number of hydrogen-bond acceptors (Lipinski definition) is 5. The molecule has 0 fully saturated rings. The van der Waals surface area contributed by atoms with E-state index in [9.17, 15) is 19.2 Å². The van der Waals surface area contributed by atoms with E-state index in [1.54, 1.807) is 24.3 Å². The molecule has 2 heterocycles. The number of rotatable bonds is 6. The Morgan fingerprint density at radius 2 is 1.26 bits per heavy atom. The van der Waals surface area contributed by atoms with Crippen molar-refractivity contribution in [2.24, 2.45) is 0 Å². The van der Waals surface area contributed by atoms with E-state index < -0.39 is 23.6 Å². The van der Waals surface area contributed by atoms with Crippen molar-refractivity contribution in [1.29, 1.82) is 0 Å². The maximum absolute atomic E-state index is 13.7. The summed E-state index contributed by atoms with van der Waals surface area (Å²) < 4.78 is 5.33. The number of anilines is 1. The number of benzene rings is 3. The molecule has 0 bridgehead atoms. The third-order valence-corrected chi connectivity index (χ3v) is 6.57. The molecule has 0 N–H and O–H groups in total. The molecule has 3 aromatic carbocycles. The van der Waals surface area contributed by atoms with Gasteiger partial charge >= 0.3 is 0 Å². The second-order valence-corrected chi connectivity index (χ2v) is 8.41. The van der Waals surface area contributed by atoms with Gasteiger partial charge in [-0.05, 0) is 55.7 Å². The summed E-state index contributed by atoms with van der Waals surface area (Å²) >= 11 is 0. The summed E-state index contributed by atoms with van der Waals surface area (Å²) in [5.41, 5.74) is 3.55. The number of nitrogens with zero attached hydrogens (tertiary/aromatic N) is 2. The molecule has 34 heavy (non-hydrogen) atoms. The van der Waals surface area contributed by atoms with Gasteiger partial charge in [0, 0.05) is 39.6 Å². The molecular formula is C27H24N2O5. The Morgan fingerprint density at radius 1 is 0.735 bits per heavy atom. The normalized spacial score (nSPS) is 15.0. The first-order valence-electron chi connectivity index (χ1n) is 11.4. The standard InChI is InChI=1S/C27H24N2O5/c1-4-16-8-6-7-15(3)23(16)29-26(32)19-11-9-17-21-18(10-12-20(22(19)21)27(29)33)25(31)28(24(17)30)13-14-34-5-2/h6-12H,4-5,13-14H2,1-3H3. The van der Waals surface area contributed by atoms with Crippen LogP contribution >= 0.6 is 0 Å².